The second kappa shape index (κ2) is 8.70. The van der Waals surface area contributed by atoms with Crippen LogP contribution < -0.4 is 14.8 Å². The molecule has 25 heavy (non-hydrogen) atoms. The molecule has 0 heterocycles. The molecule has 2 rings (SSSR count). The van der Waals surface area contributed by atoms with Crippen LogP contribution in [-0.4, -0.2) is 32.2 Å². The van der Waals surface area contributed by atoms with Gasteiger partial charge in [0.25, 0.3) is 5.91 Å². The standard InChI is InChI=1S/C18H18INO5/c1-11(25-18(22)13-6-4-5-7-14(13)19)17(21)20-15-10-12(23-2)8-9-16(15)24-3/h4-11H,1-3H3,(H,20,21). The lowest BCUT2D eigenvalue weighted by Gasteiger charge is -2.16. The molecule has 132 valence electrons. The van der Waals surface area contributed by atoms with Crippen LogP contribution in [0.3, 0.4) is 0 Å². The largest absolute Gasteiger partial charge is 0.497 e. The summed E-state index contributed by atoms with van der Waals surface area (Å²) in [5, 5.41) is 2.68. The highest BCUT2D eigenvalue weighted by atomic mass is 127. The molecule has 0 aliphatic carbocycles. The first kappa shape index (κ1) is 19.0. The summed E-state index contributed by atoms with van der Waals surface area (Å²) in [7, 11) is 3.03. The van der Waals surface area contributed by atoms with Crippen molar-refractivity contribution in [3.05, 3.63) is 51.6 Å². The molecule has 0 fully saturated rings. The summed E-state index contributed by atoms with van der Waals surface area (Å²) in [6, 6.07) is 12.0. The van der Waals surface area contributed by atoms with E-state index in [1.165, 1.54) is 21.1 Å². The smallest absolute Gasteiger partial charge is 0.339 e. The van der Waals surface area contributed by atoms with E-state index in [-0.39, 0.29) is 0 Å². The van der Waals surface area contributed by atoms with Gasteiger partial charge >= 0.3 is 5.97 Å². The topological polar surface area (TPSA) is 73.9 Å². The first-order valence-corrected chi connectivity index (χ1v) is 8.52. The zero-order chi connectivity index (χ0) is 18.4. The lowest BCUT2D eigenvalue weighted by atomic mass is 10.2. The van der Waals surface area contributed by atoms with E-state index in [1.54, 1.807) is 36.4 Å². The number of carbonyl (C=O) groups is 2. The van der Waals surface area contributed by atoms with E-state index in [0.29, 0.717) is 22.7 Å². The highest BCUT2D eigenvalue weighted by Gasteiger charge is 2.21. The molecule has 7 heteroatoms. The minimum Gasteiger partial charge on any atom is -0.497 e. The molecule has 0 aliphatic rings. The van der Waals surface area contributed by atoms with Crippen molar-refractivity contribution < 1.29 is 23.8 Å². The van der Waals surface area contributed by atoms with Gasteiger partial charge < -0.3 is 19.5 Å². The number of methoxy groups -OCH3 is 2. The van der Waals surface area contributed by atoms with Crippen molar-refractivity contribution in [2.75, 3.05) is 19.5 Å². The number of nitrogens with one attached hydrogen (secondary N) is 1. The van der Waals surface area contributed by atoms with E-state index in [2.05, 4.69) is 5.32 Å². The van der Waals surface area contributed by atoms with Gasteiger partial charge in [0.15, 0.2) is 6.10 Å². The molecule has 0 saturated carbocycles. The summed E-state index contributed by atoms with van der Waals surface area (Å²) in [6.45, 7) is 1.51. The number of rotatable bonds is 6. The van der Waals surface area contributed by atoms with E-state index in [9.17, 15) is 9.59 Å². The summed E-state index contributed by atoms with van der Waals surface area (Å²) in [4.78, 5) is 24.6. The van der Waals surface area contributed by atoms with Gasteiger partial charge in [0, 0.05) is 9.64 Å². The summed E-state index contributed by atoms with van der Waals surface area (Å²) >= 11 is 2.04. The van der Waals surface area contributed by atoms with Gasteiger partial charge in [-0.05, 0) is 53.8 Å². The maximum absolute atomic E-state index is 12.3. The Balaban J connectivity index is 2.08. The Morgan fingerprint density at radius 3 is 2.44 bits per heavy atom. The molecule has 1 amide bonds. The van der Waals surface area contributed by atoms with Crippen LogP contribution in [0.1, 0.15) is 17.3 Å². The lowest BCUT2D eigenvalue weighted by Crippen LogP contribution is -2.30. The number of esters is 1. The quantitative estimate of drug-likeness (QED) is 0.534. The molecule has 1 N–H and O–H groups in total. The number of benzene rings is 2. The molecule has 0 aromatic heterocycles. The van der Waals surface area contributed by atoms with Crippen molar-refractivity contribution in [1.82, 2.24) is 0 Å². The fourth-order valence-corrected chi connectivity index (χ4v) is 2.66. The fraction of sp³-hybridized carbons (Fsp3) is 0.222. The van der Waals surface area contributed by atoms with Gasteiger partial charge in [0.2, 0.25) is 0 Å². The Morgan fingerprint density at radius 1 is 1.08 bits per heavy atom. The first-order valence-electron chi connectivity index (χ1n) is 7.44. The zero-order valence-corrected chi connectivity index (χ0v) is 16.2. The third-order valence-electron chi connectivity index (χ3n) is 3.41. The van der Waals surface area contributed by atoms with E-state index in [1.807, 2.05) is 28.7 Å². The SMILES string of the molecule is COc1ccc(OC)c(NC(=O)C(C)OC(=O)c2ccccc2I)c1. The predicted octanol–water partition coefficient (Wildman–Crippen LogP) is 3.49. The van der Waals surface area contributed by atoms with Crippen molar-refractivity contribution in [1.29, 1.82) is 0 Å². The van der Waals surface area contributed by atoms with Crippen LogP contribution in [-0.2, 0) is 9.53 Å². The molecular formula is C18H18INO5. The predicted molar refractivity (Wildman–Crippen MR) is 102 cm³/mol. The van der Waals surface area contributed by atoms with Crippen LogP contribution in [0.25, 0.3) is 0 Å². The highest BCUT2D eigenvalue weighted by Crippen LogP contribution is 2.29. The Morgan fingerprint density at radius 2 is 1.80 bits per heavy atom. The van der Waals surface area contributed by atoms with Gasteiger partial charge in [-0.3, -0.25) is 4.79 Å². The Kier molecular flexibility index (Phi) is 6.63. The lowest BCUT2D eigenvalue weighted by molar-refractivity contribution is -0.123. The third kappa shape index (κ3) is 4.85. The van der Waals surface area contributed by atoms with Gasteiger partial charge in [-0.25, -0.2) is 4.79 Å². The van der Waals surface area contributed by atoms with Gasteiger partial charge in [-0.1, -0.05) is 12.1 Å². The Labute approximate surface area is 159 Å². The van der Waals surface area contributed by atoms with Crippen LogP contribution in [0.2, 0.25) is 0 Å². The van der Waals surface area contributed by atoms with E-state index in [4.69, 9.17) is 14.2 Å². The van der Waals surface area contributed by atoms with Crippen molar-refractivity contribution in [2.24, 2.45) is 0 Å². The van der Waals surface area contributed by atoms with Crippen molar-refractivity contribution in [2.45, 2.75) is 13.0 Å². The van der Waals surface area contributed by atoms with Crippen LogP contribution in [0.15, 0.2) is 42.5 Å². The van der Waals surface area contributed by atoms with Crippen molar-refractivity contribution >= 4 is 40.2 Å². The molecule has 1 atom stereocenters. The third-order valence-corrected chi connectivity index (χ3v) is 4.35. The maximum atomic E-state index is 12.3. The minimum atomic E-state index is -0.973. The van der Waals surface area contributed by atoms with Crippen LogP contribution in [0.5, 0.6) is 11.5 Å². The summed E-state index contributed by atoms with van der Waals surface area (Å²) < 4.78 is 16.4. The van der Waals surface area contributed by atoms with Gasteiger partial charge in [-0.2, -0.15) is 0 Å². The highest BCUT2D eigenvalue weighted by molar-refractivity contribution is 14.1. The zero-order valence-electron chi connectivity index (χ0n) is 14.0. The average molecular weight is 455 g/mol. The van der Waals surface area contributed by atoms with Crippen LogP contribution in [0.4, 0.5) is 5.69 Å². The summed E-state index contributed by atoms with van der Waals surface area (Å²) in [5.74, 6) is 0.0287. The molecule has 6 nitrogen and oxygen atoms in total. The van der Waals surface area contributed by atoms with E-state index < -0.39 is 18.0 Å². The number of halogens is 1. The van der Waals surface area contributed by atoms with Crippen molar-refractivity contribution in [3.63, 3.8) is 0 Å². The minimum absolute atomic E-state index is 0.418. The second-order valence-corrected chi connectivity index (χ2v) is 6.25. The molecule has 2 aromatic rings. The molecule has 0 radical (unpaired) electrons. The number of carbonyl (C=O) groups excluding carboxylic acids is 2. The second-order valence-electron chi connectivity index (χ2n) is 5.08. The first-order chi connectivity index (χ1) is 12.0. The van der Waals surface area contributed by atoms with Gasteiger partial charge in [0.1, 0.15) is 11.5 Å². The number of anilines is 1. The Hall–Kier alpha value is -2.29. The van der Waals surface area contributed by atoms with Crippen LogP contribution in [0, 0.1) is 3.57 Å². The van der Waals surface area contributed by atoms with Gasteiger partial charge in [0.05, 0.1) is 25.5 Å². The number of hydrogen-bond donors (Lipinski definition) is 1. The monoisotopic (exact) mass is 455 g/mol. The molecule has 0 saturated heterocycles. The number of amides is 1. The Bertz CT molecular complexity index is 778. The summed E-state index contributed by atoms with van der Waals surface area (Å²) in [6.07, 6.45) is -0.973. The molecule has 0 bridgehead atoms. The van der Waals surface area contributed by atoms with Gasteiger partial charge in [-0.15, -0.1) is 0 Å². The van der Waals surface area contributed by atoms with Crippen LogP contribution >= 0.6 is 22.6 Å². The molecule has 2 aromatic carbocycles. The molecule has 1 unspecified atom stereocenters. The summed E-state index contributed by atoms with van der Waals surface area (Å²) in [5.41, 5.74) is 0.853. The maximum Gasteiger partial charge on any atom is 0.339 e. The normalized spacial score (nSPS) is 11.4. The van der Waals surface area contributed by atoms with Crippen molar-refractivity contribution in [3.8, 4) is 11.5 Å². The average Bonchev–Trinajstić information content (AvgIpc) is 2.61. The molecular weight excluding hydrogens is 437 g/mol. The molecule has 0 aliphatic heterocycles. The number of ether oxygens (including phenoxy) is 3. The fourth-order valence-electron chi connectivity index (χ4n) is 2.05. The van der Waals surface area contributed by atoms with E-state index >= 15 is 0 Å². The number of hydrogen-bond acceptors (Lipinski definition) is 5. The van der Waals surface area contributed by atoms with E-state index in [0.717, 1.165) is 3.57 Å². The molecule has 0 spiro atoms.